The van der Waals surface area contributed by atoms with E-state index in [0.717, 1.165) is 23.8 Å². The molecular weight excluding hydrogens is 456 g/mol. The molecule has 0 amide bonds. The van der Waals surface area contributed by atoms with Crippen molar-refractivity contribution < 1.29 is 27.8 Å². The summed E-state index contributed by atoms with van der Waals surface area (Å²) in [5, 5.41) is 13.4. The van der Waals surface area contributed by atoms with Crippen molar-refractivity contribution >= 4 is 7.75 Å². The van der Waals surface area contributed by atoms with Crippen molar-refractivity contribution in [1.29, 1.82) is 0 Å². The summed E-state index contributed by atoms with van der Waals surface area (Å²) in [5.41, 5.74) is -3.95. The van der Waals surface area contributed by atoms with Crippen LogP contribution in [0, 0.1) is 5.92 Å². The van der Waals surface area contributed by atoms with Crippen molar-refractivity contribution in [2.75, 3.05) is 6.61 Å². The van der Waals surface area contributed by atoms with Crippen LogP contribution in [0.2, 0.25) is 0 Å². The lowest BCUT2D eigenvalue weighted by molar-refractivity contribution is -0.0593. The van der Waals surface area contributed by atoms with Gasteiger partial charge in [-0.25, -0.2) is 18.8 Å². The Bertz CT molecular complexity index is 1100. The van der Waals surface area contributed by atoms with Crippen LogP contribution in [0.4, 0.5) is 4.39 Å². The first-order valence-corrected chi connectivity index (χ1v) is 12.1. The highest BCUT2D eigenvalue weighted by atomic mass is 31.2. The van der Waals surface area contributed by atoms with Crippen molar-refractivity contribution in [2.24, 2.45) is 5.92 Å². The number of aliphatic hydroxyl groups is 1. The monoisotopic (exact) mass is 485 g/mol. The fraction of sp³-hybridized carbons (Fsp3) is 0.524. The van der Waals surface area contributed by atoms with E-state index < -0.39 is 49.7 Å². The Morgan fingerprint density at radius 1 is 1.27 bits per heavy atom. The summed E-state index contributed by atoms with van der Waals surface area (Å²) in [4.78, 5) is 25.4. The minimum atomic E-state index is -3.96. The minimum absolute atomic E-state index is 0.0974. The second-order valence-corrected chi connectivity index (χ2v) is 10.2. The number of para-hydroxylation sites is 1. The van der Waals surface area contributed by atoms with Gasteiger partial charge in [-0.1, -0.05) is 32.0 Å². The number of hydrogen-bond donors (Lipinski definition) is 3. The van der Waals surface area contributed by atoms with E-state index >= 15 is 4.39 Å². The van der Waals surface area contributed by atoms with Gasteiger partial charge in [0.1, 0.15) is 18.0 Å². The molecule has 0 spiro atoms. The molecule has 0 aliphatic carbocycles. The number of H-pyrrole nitrogens is 1. The molecule has 10 nitrogen and oxygen atoms in total. The molecule has 1 aromatic carbocycles. The normalized spacial score (nSPS) is 27.9. The molecule has 3 N–H and O–H groups in total. The zero-order chi connectivity index (χ0) is 24.4. The van der Waals surface area contributed by atoms with Crippen LogP contribution in [-0.2, 0) is 13.8 Å². The second kappa shape index (κ2) is 9.90. The van der Waals surface area contributed by atoms with E-state index in [-0.39, 0.29) is 12.0 Å². The zero-order valence-corrected chi connectivity index (χ0v) is 19.7. The Morgan fingerprint density at radius 2 is 1.94 bits per heavy atom. The second-order valence-electron chi connectivity index (χ2n) is 8.50. The summed E-state index contributed by atoms with van der Waals surface area (Å²) in [6, 6.07) is 9.18. The van der Waals surface area contributed by atoms with Crippen LogP contribution >= 0.6 is 7.75 Å². The quantitative estimate of drug-likeness (QED) is 0.462. The Morgan fingerprint density at radius 3 is 2.55 bits per heavy atom. The van der Waals surface area contributed by atoms with Gasteiger partial charge in [-0.05, 0) is 31.9 Å². The summed E-state index contributed by atoms with van der Waals surface area (Å²) >= 11 is 0. The van der Waals surface area contributed by atoms with Gasteiger partial charge >= 0.3 is 13.4 Å². The average molecular weight is 485 g/mol. The standard InChI is InChI=1S/C21H29FN3O7P/c1-13(2)14(3)24-33(29,32-15-8-6-5-7-9-15)30-12-16-18(27)21(4,22)19(31-16)25-11-10-17(26)23-20(25)28/h5-11,13-14,16,18-19,27H,12H2,1-4H3,(H,24,29)(H,23,26,28)/t14-,16+,18+,19+,21+,33-/m0/s1. The molecule has 1 fully saturated rings. The van der Waals surface area contributed by atoms with E-state index in [4.69, 9.17) is 13.8 Å². The number of alkyl halides is 1. The lowest BCUT2D eigenvalue weighted by atomic mass is 9.98. The number of aliphatic hydroxyl groups excluding tert-OH is 1. The molecule has 0 radical (unpaired) electrons. The lowest BCUT2D eigenvalue weighted by Crippen LogP contribution is -2.43. The molecule has 12 heteroatoms. The number of hydrogen-bond acceptors (Lipinski definition) is 7. The smallest absolute Gasteiger partial charge is 0.413 e. The molecule has 0 unspecified atom stereocenters. The van der Waals surface area contributed by atoms with Crippen LogP contribution in [-0.4, -0.2) is 45.2 Å². The number of benzene rings is 1. The van der Waals surface area contributed by atoms with Crippen LogP contribution < -0.4 is 20.9 Å². The first-order valence-electron chi connectivity index (χ1n) is 10.5. The summed E-state index contributed by atoms with van der Waals surface area (Å²) in [6.07, 6.45) is -3.45. The predicted molar refractivity (Wildman–Crippen MR) is 119 cm³/mol. The Balaban J connectivity index is 1.80. The lowest BCUT2D eigenvalue weighted by Gasteiger charge is -2.27. The molecule has 1 aromatic heterocycles. The summed E-state index contributed by atoms with van der Waals surface area (Å²) < 4.78 is 46.4. The van der Waals surface area contributed by atoms with Crippen molar-refractivity contribution in [3.05, 3.63) is 63.4 Å². The molecule has 0 bridgehead atoms. The van der Waals surface area contributed by atoms with Crippen molar-refractivity contribution in [2.45, 2.75) is 57.8 Å². The third-order valence-electron chi connectivity index (χ3n) is 5.56. The van der Waals surface area contributed by atoms with Gasteiger partial charge in [0.15, 0.2) is 11.9 Å². The van der Waals surface area contributed by atoms with Crippen molar-refractivity contribution in [3.8, 4) is 5.75 Å². The van der Waals surface area contributed by atoms with Crippen molar-refractivity contribution in [1.82, 2.24) is 14.6 Å². The number of ether oxygens (including phenoxy) is 1. The first kappa shape index (κ1) is 25.3. The van der Waals surface area contributed by atoms with E-state index in [0.29, 0.717) is 5.75 Å². The van der Waals surface area contributed by atoms with Gasteiger partial charge in [-0.3, -0.25) is 18.9 Å². The number of halogens is 1. The Kier molecular flexibility index (Phi) is 7.60. The number of aromatic amines is 1. The third-order valence-corrected chi connectivity index (χ3v) is 7.22. The largest absolute Gasteiger partial charge is 0.459 e. The molecule has 6 atom stereocenters. The maximum atomic E-state index is 15.4. The Labute approximate surface area is 190 Å². The van der Waals surface area contributed by atoms with Crippen LogP contribution in [0.5, 0.6) is 5.75 Å². The van der Waals surface area contributed by atoms with Gasteiger partial charge in [0.05, 0.1) is 6.61 Å². The molecule has 33 heavy (non-hydrogen) atoms. The van der Waals surface area contributed by atoms with Gasteiger partial charge in [-0.2, -0.15) is 0 Å². The topological polar surface area (TPSA) is 132 Å². The third kappa shape index (κ3) is 5.80. The number of nitrogens with zero attached hydrogens (tertiary/aromatic N) is 1. The highest BCUT2D eigenvalue weighted by molar-refractivity contribution is 7.52. The van der Waals surface area contributed by atoms with E-state index in [1.54, 1.807) is 30.3 Å². The first-order chi connectivity index (χ1) is 15.4. The van der Waals surface area contributed by atoms with E-state index in [2.05, 4.69) is 5.09 Å². The highest BCUT2D eigenvalue weighted by Crippen LogP contribution is 2.47. The van der Waals surface area contributed by atoms with E-state index in [1.165, 1.54) is 0 Å². The Hall–Kier alpha value is -2.30. The highest BCUT2D eigenvalue weighted by Gasteiger charge is 2.55. The molecule has 182 valence electrons. The maximum Gasteiger partial charge on any atom is 0.459 e. The van der Waals surface area contributed by atoms with Crippen LogP contribution in [0.1, 0.15) is 33.9 Å². The number of nitrogens with one attached hydrogen (secondary N) is 2. The molecule has 3 rings (SSSR count). The number of rotatable bonds is 9. The molecular formula is C21H29FN3O7P. The van der Waals surface area contributed by atoms with E-state index in [9.17, 15) is 19.3 Å². The zero-order valence-electron chi connectivity index (χ0n) is 18.8. The fourth-order valence-electron chi connectivity index (χ4n) is 3.24. The molecule has 2 heterocycles. The summed E-state index contributed by atoms with van der Waals surface area (Å²) in [7, 11) is -3.96. The summed E-state index contributed by atoms with van der Waals surface area (Å²) in [5.74, 6) is 0.394. The molecule has 1 aliphatic heterocycles. The van der Waals surface area contributed by atoms with Gasteiger partial charge in [0, 0.05) is 18.3 Å². The molecule has 2 aromatic rings. The average Bonchev–Trinajstić information content (AvgIpc) is 2.96. The SMILES string of the molecule is CC(C)[C@H](C)N[P@](=O)(OC[C@H]1O[C@@H](n2ccc(=O)[nH]c2=O)[C@](C)(F)[C@@H]1O)Oc1ccccc1. The van der Waals surface area contributed by atoms with E-state index in [1.807, 2.05) is 25.8 Å². The van der Waals surface area contributed by atoms with Gasteiger partial charge in [-0.15, -0.1) is 0 Å². The van der Waals surface area contributed by atoms with Gasteiger partial charge in [0.25, 0.3) is 5.56 Å². The van der Waals surface area contributed by atoms with Gasteiger partial charge < -0.3 is 14.4 Å². The van der Waals surface area contributed by atoms with Crippen LogP contribution in [0.15, 0.2) is 52.2 Å². The summed E-state index contributed by atoms with van der Waals surface area (Å²) in [6.45, 7) is 6.24. The van der Waals surface area contributed by atoms with Gasteiger partial charge in [0.2, 0.25) is 0 Å². The predicted octanol–water partition coefficient (Wildman–Crippen LogP) is 2.36. The molecule has 1 aliphatic rings. The minimum Gasteiger partial charge on any atom is -0.413 e. The van der Waals surface area contributed by atoms with Crippen LogP contribution in [0.25, 0.3) is 0 Å². The molecule has 1 saturated heterocycles. The molecule has 0 saturated carbocycles. The number of aromatic nitrogens is 2. The van der Waals surface area contributed by atoms with Crippen LogP contribution in [0.3, 0.4) is 0 Å². The maximum absolute atomic E-state index is 15.4. The fourth-order valence-corrected chi connectivity index (χ4v) is 4.96. The van der Waals surface area contributed by atoms with Crippen molar-refractivity contribution in [3.63, 3.8) is 0 Å².